The van der Waals surface area contributed by atoms with Crippen LogP contribution in [0.4, 0.5) is 5.82 Å². The summed E-state index contributed by atoms with van der Waals surface area (Å²) in [5.41, 5.74) is 4.55. The molecule has 2 heterocycles. The molecule has 174 valence electrons. The highest BCUT2D eigenvalue weighted by Crippen LogP contribution is 2.34. The van der Waals surface area contributed by atoms with Crippen LogP contribution >= 0.6 is 11.3 Å². The summed E-state index contributed by atoms with van der Waals surface area (Å²) in [5.74, 6) is 0.174. The molecule has 4 rings (SSSR count). The van der Waals surface area contributed by atoms with Crippen LogP contribution in [-0.2, 0) is 4.79 Å². The molecule has 0 unspecified atom stereocenters. The molecule has 0 saturated heterocycles. The van der Waals surface area contributed by atoms with Gasteiger partial charge in [-0.25, -0.2) is 4.68 Å². The molecule has 7 heteroatoms. The minimum Gasteiger partial charge on any atom is -0.326 e. The molecule has 0 spiro atoms. The Balaban J connectivity index is 1.72. The van der Waals surface area contributed by atoms with Crippen LogP contribution in [0.1, 0.15) is 34.8 Å². The lowest BCUT2D eigenvalue weighted by atomic mass is 10.1. The second-order valence-electron chi connectivity index (χ2n) is 8.43. The Morgan fingerprint density at radius 3 is 2.35 bits per heavy atom. The number of thiophene rings is 1. The quantitative estimate of drug-likeness (QED) is 0.375. The average molecular weight is 473 g/mol. The average Bonchev–Trinajstić information content (AvgIpc) is 3.46. The van der Waals surface area contributed by atoms with E-state index in [1.807, 2.05) is 93.7 Å². The molecule has 34 heavy (non-hydrogen) atoms. The molecule has 0 bridgehead atoms. The van der Waals surface area contributed by atoms with Gasteiger partial charge in [-0.2, -0.15) is 5.10 Å². The minimum atomic E-state index is -0.273. The number of rotatable bonds is 7. The van der Waals surface area contributed by atoms with Gasteiger partial charge in [-0.1, -0.05) is 54.6 Å². The van der Waals surface area contributed by atoms with Crippen LogP contribution in [-0.4, -0.2) is 39.1 Å². The summed E-state index contributed by atoms with van der Waals surface area (Å²) in [4.78, 5) is 28.5. The fraction of sp³-hybridized carbons (Fsp3) is 0.222. The molecule has 0 aliphatic rings. The van der Waals surface area contributed by atoms with Crippen LogP contribution in [0.15, 0.2) is 72.1 Å². The molecule has 2 amide bonds. The molecule has 0 atom stereocenters. The van der Waals surface area contributed by atoms with E-state index >= 15 is 0 Å². The third kappa shape index (κ3) is 4.79. The van der Waals surface area contributed by atoms with E-state index in [-0.39, 0.29) is 24.4 Å². The second kappa shape index (κ2) is 10.1. The molecular weight excluding hydrogens is 444 g/mol. The zero-order valence-corrected chi connectivity index (χ0v) is 20.6. The van der Waals surface area contributed by atoms with Crippen molar-refractivity contribution in [2.45, 2.75) is 33.7 Å². The number of anilines is 1. The van der Waals surface area contributed by atoms with Crippen molar-refractivity contribution in [1.29, 1.82) is 0 Å². The van der Waals surface area contributed by atoms with E-state index in [0.29, 0.717) is 10.7 Å². The van der Waals surface area contributed by atoms with Crippen molar-refractivity contribution >= 4 is 29.0 Å². The number of nitrogens with zero attached hydrogens (tertiary/aromatic N) is 3. The number of hydrogen-bond donors (Lipinski definition) is 1. The molecule has 0 aliphatic carbocycles. The largest absolute Gasteiger partial charge is 0.326 e. The fourth-order valence-corrected chi connectivity index (χ4v) is 4.60. The Labute approximate surface area is 203 Å². The number of benzene rings is 2. The number of aromatic nitrogens is 2. The molecule has 2 aromatic carbocycles. The predicted octanol–water partition coefficient (Wildman–Crippen LogP) is 5.71. The monoisotopic (exact) mass is 472 g/mol. The Bertz CT molecular complexity index is 1290. The van der Waals surface area contributed by atoms with Crippen molar-refractivity contribution < 1.29 is 9.59 Å². The number of para-hydroxylation sites is 1. The van der Waals surface area contributed by atoms with E-state index in [4.69, 9.17) is 5.10 Å². The van der Waals surface area contributed by atoms with Crippen LogP contribution < -0.4 is 5.32 Å². The number of carbonyl (C=O) groups is 2. The van der Waals surface area contributed by atoms with Gasteiger partial charge in [-0.15, -0.1) is 11.3 Å². The normalized spacial score (nSPS) is 11.0. The van der Waals surface area contributed by atoms with Crippen LogP contribution in [0.2, 0.25) is 0 Å². The van der Waals surface area contributed by atoms with Gasteiger partial charge in [0.1, 0.15) is 12.4 Å². The maximum absolute atomic E-state index is 13.3. The standard InChI is InChI=1S/C27H28N4O2S/c1-18(2)30(27(33)23-15-10-16-34-23)17-24(32)28-26-25(21-12-6-5-7-13-21)20(4)29-31(26)22-14-9-8-11-19(22)3/h5-16,18H,17H2,1-4H3,(H,28,32). The molecule has 2 aromatic heterocycles. The van der Waals surface area contributed by atoms with E-state index in [9.17, 15) is 9.59 Å². The number of amides is 2. The first-order chi connectivity index (χ1) is 16.4. The molecule has 4 aromatic rings. The molecule has 1 N–H and O–H groups in total. The lowest BCUT2D eigenvalue weighted by Gasteiger charge is -2.26. The van der Waals surface area contributed by atoms with E-state index in [1.54, 1.807) is 15.6 Å². The highest BCUT2D eigenvalue weighted by Gasteiger charge is 2.25. The van der Waals surface area contributed by atoms with Gasteiger partial charge in [-0.3, -0.25) is 9.59 Å². The topological polar surface area (TPSA) is 67.2 Å². The van der Waals surface area contributed by atoms with Crippen molar-refractivity contribution in [2.24, 2.45) is 0 Å². The first-order valence-corrected chi connectivity index (χ1v) is 12.1. The minimum absolute atomic E-state index is 0.0549. The predicted molar refractivity (Wildman–Crippen MR) is 138 cm³/mol. The van der Waals surface area contributed by atoms with Gasteiger partial charge in [0.15, 0.2) is 0 Å². The van der Waals surface area contributed by atoms with Crippen molar-refractivity contribution in [3.63, 3.8) is 0 Å². The zero-order valence-electron chi connectivity index (χ0n) is 19.8. The Morgan fingerprint density at radius 1 is 1.00 bits per heavy atom. The Morgan fingerprint density at radius 2 is 1.71 bits per heavy atom. The summed E-state index contributed by atoms with van der Waals surface area (Å²) in [6.07, 6.45) is 0. The van der Waals surface area contributed by atoms with Gasteiger partial charge in [0, 0.05) is 11.6 Å². The second-order valence-corrected chi connectivity index (χ2v) is 9.37. The first kappa shape index (κ1) is 23.4. The van der Waals surface area contributed by atoms with Crippen LogP contribution in [0.25, 0.3) is 16.8 Å². The van der Waals surface area contributed by atoms with Crippen LogP contribution in [0, 0.1) is 13.8 Å². The molecule has 0 saturated carbocycles. The van der Waals surface area contributed by atoms with Crippen LogP contribution in [0.3, 0.4) is 0 Å². The van der Waals surface area contributed by atoms with Crippen molar-refractivity contribution in [1.82, 2.24) is 14.7 Å². The molecule has 0 aliphatic heterocycles. The van der Waals surface area contributed by atoms with Gasteiger partial charge < -0.3 is 10.2 Å². The maximum atomic E-state index is 13.3. The number of carbonyl (C=O) groups excluding carboxylic acids is 2. The Kier molecular flexibility index (Phi) is 6.93. The van der Waals surface area contributed by atoms with Crippen molar-refractivity contribution in [3.8, 4) is 16.8 Å². The Hall–Kier alpha value is -3.71. The number of aryl methyl sites for hydroxylation is 2. The lowest BCUT2D eigenvalue weighted by Crippen LogP contribution is -2.42. The van der Waals surface area contributed by atoms with Gasteiger partial charge in [0.05, 0.1) is 16.3 Å². The van der Waals surface area contributed by atoms with E-state index < -0.39 is 0 Å². The number of hydrogen-bond acceptors (Lipinski definition) is 4. The van der Waals surface area contributed by atoms with Crippen LogP contribution in [0.5, 0.6) is 0 Å². The zero-order chi connectivity index (χ0) is 24.2. The number of nitrogens with one attached hydrogen (secondary N) is 1. The van der Waals surface area contributed by atoms with E-state index in [2.05, 4.69) is 5.32 Å². The smallest absolute Gasteiger partial charge is 0.264 e. The van der Waals surface area contributed by atoms with Crippen molar-refractivity contribution in [3.05, 3.63) is 88.2 Å². The molecule has 0 fully saturated rings. The SMILES string of the molecule is Cc1ccccc1-n1nc(C)c(-c2ccccc2)c1NC(=O)CN(C(=O)c1cccs1)C(C)C. The van der Waals surface area contributed by atoms with Gasteiger partial charge >= 0.3 is 0 Å². The fourth-order valence-electron chi connectivity index (χ4n) is 3.93. The summed E-state index contributed by atoms with van der Waals surface area (Å²) in [5, 5.41) is 9.73. The molecule has 0 radical (unpaired) electrons. The maximum Gasteiger partial charge on any atom is 0.264 e. The third-order valence-corrected chi connectivity index (χ3v) is 6.51. The lowest BCUT2D eigenvalue weighted by molar-refractivity contribution is -0.117. The van der Waals surface area contributed by atoms with Gasteiger partial charge in [0.2, 0.25) is 5.91 Å². The highest BCUT2D eigenvalue weighted by atomic mass is 32.1. The summed E-state index contributed by atoms with van der Waals surface area (Å²) in [7, 11) is 0. The third-order valence-electron chi connectivity index (χ3n) is 5.65. The summed E-state index contributed by atoms with van der Waals surface area (Å²) in [6.45, 7) is 7.72. The highest BCUT2D eigenvalue weighted by molar-refractivity contribution is 7.12. The molecular formula is C27H28N4O2S. The van der Waals surface area contributed by atoms with E-state index in [0.717, 1.165) is 28.1 Å². The summed E-state index contributed by atoms with van der Waals surface area (Å²) >= 11 is 1.38. The summed E-state index contributed by atoms with van der Waals surface area (Å²) < 4.78 is 1.78. The first-order valence-electron chi connectivity index (χ1n) is 11.2. The summed E-state index contributed by atoms with van der Waals surface area (Å²) in [6, 6.07) is 21.3. The van der Waals surface area contributed by atoms with Gasteiger partial charge in [0.25, 0.3) is 5.91 Å². The molecule has 6 nitrogen and oxygen atoms in total. The van der Waals surface area contributed by atoms with Crippen molar-refractivity contribution in [2.75, 3.05) is 11.9 Å². The van der Waals surface area contributed by atoms with Gasteiger partial charge in [-0.05, 0) is 56.3 Å². The van der Waals surface area contributed by atoms with E-state index in [1.165, 1.54) is 11.3 Å².